The number of H-pyrrole nitrogens is 1. The number of rotatable bonds is 5. The SMILES string of the molecule is CC(Nc1ccc(C(N)=O)cc1[N+](=O)[O-])c1nn[nH]n1. The minimum absolute atomic E-state index is 0.0643. The molecule has 1 atom stereocenters. The van der Waals surface area contributed by atoms with E-state index in [0.717, 1.165) is 6.07 Å². The summed E-state index contributed by atoms with van der Waals surface area (Å²) >= 11 is 0. The third-order valence-corrected chi connectivity index (χ3v) is 2.60. The second-order valence-electron chi connectivity index (χ2n) is 3.99. The van der Waals surface area contributed by atoms with E-state index in [0.29, 0.717) is 5.82 Å². The standard InChI is InChI=1S/C10H11N7O3/c1-5(10-13-15-16-14-10)12-7-3-2-6(9(11)18)4-8(7)17(19)20/h2-5,12H,1H3,(H2,11,18)(H,13,14,15,16). The number of nitrogens with two attached hydrogens (primary N) is 1. The lowest BCUT2D eigenvalue weighted by Gasteiger charge is -2.12. The average Bonchev–Trinajstić information content (AvgIpc) is 2.92. The van der Waals surface area contributed by atoms with Crippen molar-refractivity contribution in [2.45, 2.75) is 13.0 Å². The molecule has 20 heavy (non-hydrogen) atoms. The molecule has 0 aliphatic carbocycles. The lowest BCUT2D eigenvalue weighted by atomic mass is 10.1. The Labute approximate surface area is 112 Å². The number of amides is 1. The molecule has 0 saturated heterocycles. The third kappa shape index (κ3) is 2.68. The molecule has 10 nitrogen and oxygen atoms in total. The lowest BCUT2D eigenvalue weighted by molar-refractivity contribution is -0.384. The van der Waals surface area contributed by atoms with E-state index >= 15 is 0 Å². The van der Waals surface area contributed by atoms with E-state index in [4.69, 9.17) is 5.73 Å². The molecule has 1 aromatic heterocycles. The summed E-state index contributed by atoms with van der Waals surface area (Å²) in [4.78, 5) is 21.5. The third-order valence-electron chi connectivity index (χ3n) is 2.60. The van der Waals surface area contributed by atoms with Crippen LogP contribution in [0.15, 0.2) is 18.2 Å². The Morgan fingerprint density at radius 1 is 1.55 bits per heavy atom. The van der Waals surface area contributed by atoms with Gasteiger partial charge in [0.25, 0.3) is 5.69 Å². The quantitative estimate of drug-likeness (QED) is 0.527. The van der Waals surface area contributed by atoms with Gasteiger partial charge in [0.2, 0.25) is 5.91 Å². The normalized spacial score (nSPS) is 11.8. The van der Waals surface area contributed by atoms with Crippen molar-refractivity contribution in [3.05, 3.63) is 39.7 Å². The van der Waals surface area contributed by atoms with Gasteiger partial charge in [-0.15, -0.1) is 10.2 Å². The monoisotopic (exact) mass is 277 g/mol. The highest BCUT2D eigenvalue weighted by Gasteiger charge is 2.19. The van der Waals surface area contributed by atoms with Gasteiger partial charge in [0.1, 0.15) is 5.69 Å². The molecule has 1 unspecified atom stereocenters. The van der Waals surface area contributed by atoms with Crippen LogP contribution >= 0.6 is 0 Å². The Kier molecular flexibility index (Phi) is 3.55. The first-order valence-electron chi connectivity index (χ1n) is 5.57. The number of carbonyl (C=O) groups is 1. The average molecular weight is 277 g/mol. The molecule has 2 aromatic rings. The summed E-state index contributed by atoms with van der Waals surface area (Å²) in [5.41, 5.74) is 5.14. The number of nitrogens with one attached hydrogen (secondary N) is 2. The lowest BCUT2D eigenvalue weighted by Crippen LogP contribution is -2.13. The van der Waals surface area contributed by atoms with E-state index in [2.05, 4.69) is 25.9 Å². The fourth-order valence-electron chi connectivity index (χ4n) is 1.61. The zero-order valence-corrected chi connectivity index (χ0v) is 10.4. The Morgan fingerprint density at radius 3 is 2.85 bits per heavy atom. The molecule has 10 heteroatoms. The van der Waals surface area contributed by atoms with Crippen molar-refractivity contribution in [3.63, 3.8) is 0 Å². The molecule has 0 radical (unpaired) electrons. The van der Waals surface area contributed by atoms with Gasteiger partial charge in [0, 0.05) is 11.6 Å². The summed E-state index contributed by atoms with van der Waals surface area (Å²) in [6.45, 7) is 1.72. The summed E-state index contributed by atoms with van der Waals surface area (Å²) in [6.07, 6.45) is 0. The number of hydrogen-bond donors (Lipinski definition) is 3. The maximum absolute atomic E-state index is 11.0. The van der Waals surface area contributed by atoms with E-state index in [9.17, 15) is 14.9 Å². The second kappa shape index (κ2) is 5.30. The molecule has 0 saturated carbocycles. The summed E-state index contributed by atoms with van der Waals surface area (Å²) in [7, 11) is 0. The molecule has 1 heterocycles. The molecule has 104 valence electrons. The first kappa shape index (κ1) is 13.4. The van der Waals surface area contributed by atoms with Gasteiger partial charge in [-0.05, 0) is 19.1 Å². The highest BCUT2D eigenvalue weighted by Crippen LogP contribution is 2.28. The molecule has 0 aliphatic rings. The molecule has 0 bridgehead atoms. The van der Waals surface area contributed by atoms with Gasteiger partial charge >= 0.3 is 0 Å². The molecule has 0 fully saturated rings. The van der Waals surface area contributed by atoms with Crippen LogP contribution in [0.1, 0.15) is 29.1 Å². The van der Waals surface area contributed by atoms with Crippen LogP contribution in [0.25, 0.3) is 0 Å². The van der Waals surface area contributed by atoms with Gasteiger partial charge in [0.15, 0.2) is 5.82 Å². The Hall–Kier alpha value is -3.04. The second-order valence-corrected chi connectivity index (χ2v) is 3.99. The largest absolute Gasteiger partial charge is 0.370 e. The first-order valence-corrected chi connectivity index (χ1v) is 5.57. The number of hydrogen-bond acceptors (Lipinski definition) is 7. The van der Waals surface area contributed by atoms with Gasteiger partial charge in [-0.25, -0.2) is 0 Å². The maximum atomic E-state index is 11.0. The van der Waals surface area contributed by atoms with E-state index in [-0.39, 0.29) is 16.9 Å². The molecule has 0 aliphatic heterocycles. The molecule has 2 rings (SSSR count). The predicted octanol–water partition coefficient (Wildman–Crippen LogP) is 0.380. The number of nitro benzene ring substituents is 1. The summed E-state index contributed by atoms with van der Waals surface area (Å²) in [5.74, 6) is -0.371. The summed E-state index contributed by atoms with van der Waals surface area (Å²) < 4.78 is 0. The van der Waals surface area contributed by atoms with E-state index in [1.54, 1.807) is 6.92 Å². The Morgan fingerprint density at radius 2 is 2.30 bits per heavy atom. The van der Waals surface area contributed by atoms with Crippen LogP contribution in [0.2, 0.25) is 0 Å². The fourth-order valence-corrected chi connectivity index (χ4v) is 1.61. The topological polar surface area (TPSA) is 153 Å². The number of primary amides is 1. The zero-order chi connectivity index (χ0) is 14.7. The maximum Gasteiger partial charge on any atom is 0.293 e. The van der Waals surface area contributed by atoms with Crippen LogP contribution in [0.4, 0.5) is 11.4 Å². The van der Waals surface area contributed by atoms with Crippen molar-refractivity contribution in [2.24, 2.45) is 5.73 Å². The van der Waals surface area contributed by atoms with Crippen molar-refractivity contribution in [2.75, 3.05) is 5.32 Å². The number of anilines is 1. The fraction of sp³-hybridized carbons (Fsp3) is 0.200. The number of carbonyl (C=O) groups excluding carboxylic acids is 1. The van der Waals surface area contributed by atoms with Crippen molar-refractivity contribution < 1.29 is 9.72 Å². The van der Waals surface area contributed by atoms with E-state index in [1.165, 1.54) is 12.1 Å². The summed E-state index contributed by atoms with van der Waals surface area (Å²) in [5, 5.41) is 27.2. The van der Waals surface area contributed by atoms with Gasteiger partial charge in [-0.2, -0.15) is 5.21 Å². The van der Waals surface area contributed by atoms with Gasteiger partial charge in [-0.3, -0.25) is 14.9 Å². The van der Waals surface area contributed by atoms with Crippen LogP contribution in [0.5, 0.6) is 0 Å². The number of aromatic amines is 1. The molecule has 1 amide bonds. The summed E-state index contributed by atoms with van der Waals surface area (Å²) in [6, 6.07) is 3.54. The first-order chi connectivity index (χ1) is 9.49. The van der Waals surface area contributed by atoms with E-state index in [1.807, 2.05) is 0 Å². The van der Waals surface area contributed by atoms with Crippen LogP contribution in [-0.2, 0) is 0 Å². The van der Waals surface area contributed by atoms with Gasteiger partial charge in [-0.1, -0.05) is 5.21 Å². The Bertz CT molecular complexity index is 640. The minimum Gasteiger partial charge on any atom is -0.370 e. The van der Waals surface area contributed by atoms with Crippen LogP contribution in [-0.4, -0.2) is 31.5 Å². The zero-order valence-electron chi connectivity index (χ0n) is 10.4. The number of aromatic nitrogens is 4. The smallest absolute Gasteiger partial charge is 0.293 e. The highest BCUT2D eigenvalue weighted by molar-refractivity contribution is 5.94. The molecule has 4 N–H and O–H groups in total. The van der Waals surface area contributed by atoms with Gasteiger partial charge < -0.3 is 11.1 Å². The highest BCUT2D eigenvalue weighted by atomic mass is 16.6. The number of tetrazole rings is 1. The van der Waals surface area contributed by atoms with Crippen molar-refractivity contribution in [3.8, 4) is 0 Å². The minimum atomic E-state index is -0.731. The van der Waals surface area contributed by atoms with Crippen LogP contribution in [0.3, 0.4) is 0 Å². The molecule has 0 spiro atoms. The molecular formula is C10H11N7O3. The predicted molar refractivity (Wildman–Crippen MR) is 67.8 cm³/mol. The number of benzene rings is 1. The Balaban J connectivity index is 2.31. The van der Waals surface area contributed by atoms with Crippen molar-refractivity contribution >= 4 is 17.3 Å². The number of nitro groups is 1. The molecule has 1 aromatic carbocycles. The number of nitrogens with zero attached hydrogens (tertiary/aromatic N) is 4. The van der Waals surface area contributed by atoms with E-state index < -0.39 is 16.9 Å². The van der Waals surface area contributed by atoms with Crippen molar-refractivity contribution in [1.29, 1.82) is 0 Å². The molecular weight excluding hydrogens is 266 g/mol. The van der Waals surface area contributed by atoms with Crippen molar-refractivity contribution in [1.82, 2.24) is 20.6 Å². The van der Waals surface area contributed by atoms with Gasteiger partial charge in [0.05, 0.1) is 11.0 Å². The van der Waals surface area contributed by atoms with Crippen LogP contribution < -0.4 is 11.1 Å². The van der Waals surface area contributed by atoms with Crippen LogP contribution in [0, 0.1) is 10.1 Å².